The number of anilines is 3. The molecule has 0 unspecified atom stereocenters. The van der Waals surface area contributed by atoms with Crippen molar-refractivity contribution in [2.24, 2.45) is 0 Å². The van der Waals surface area contributed by atoms with Gasteiger partial charge in [-0.2, -0.15) is 15.8 Å². The molecule has 42 heteroatoms. The second-order valence-electron chi connectivity index (χ2n) is 32.0. The van der Waals surface area contributed by atoms with Gasteiger partial charge in [0.1, 0.15) is 66.9 Å². The first-order valence-corrected chi connectivity index (χ1v) is 44.5. The summed E-state index contributed by atoms with van der Waals surface area (Å²) < 4.78 is 93.3. The van der Waals surface area contributed by atoms with Gasteiger partial charge in [0.15, 0.2) is 52.2 Å². The molecule has 3 amide bonds. The zero-order valence-electron chi connectivity index (χ0n) is 72.8. The Bertz CT molecular complexity index is 6650. The standard InChI is InChI=1S/3C31H25Cl3F2N6O3/c3*1-5-19(43)40-8-10-41(11-9-40)28-16-12-18(32)26(20-21(33)29(44)24(36)22(34)23(20)35)39-30(16)42(31(45)17(28)13-37)27-15(4)6-7-38-25(27)14(2)3/h3*5-7,12,14,44H,1,8-11H2,2-4H3. The number of rotatable bonds is 15. The number of halogens is 15. The van der Waals surface area contributed by atoms with E-state index >= 15 is 13.2 Å². The number of nitrogens with zero attached hydrogens (tertiary/aromatic N) is 18. The fourth-order valence-corrected chi connectivity index (χ4v) is 18.5. The first kappa shape index (κ1) is 99.7. The molecule has 15 rings (SSSR count). The van der Waals surface area contributed by atoms with Crippen LogP contribution in [0.2, 0.25) is 45.2 Å². The minimum absolute atomic E-state index is 0.0357. The van der Waals surface area contributed by atoms with Crippen LogP contribution >= 0.6 is 104 Å². The van der Waals surface area contributed by atoms with Crippen LogP contribution in [0, 0.1) is 89.7 Å². The lowest BCUT2D eigenvalue weighted by atomic mass is 10.0. The van der Waals surface area contributed by atoms with E-state index < -0.39 is 116 Å². The zero-order chi connectivity index (χ0) is 98.7. The van der Waals surface area contributed by atoms with E-state index in [9.17, 15) is 73.0 Å². The number of aryl methyl sites for hydroxylation is 3. The van der Waals surface area contributed by atoms with Crippen molar-refractivity contribution < 1.29 is 56.0 Å². The summed E-state index contributed by atoms with van der Waals surface area (Å²) in [6.07, 6.45) is 8.43. The number of piperazine rings is 3. The Labute approximate surface area is 810 Å². The molecule has 696 valence electrons. The predicted octanol–water partition coefficient (Wildman–Crippen LogP) is 19.6. The number of nitriles is 3. The fraction of sp³-hybridized carbons (Fsp3) is 0.258. The Balaban J connectivity index is 0.000000171. The largest absolute Gasteiger partial charge is 0.504 e. The Hall–Kier alpha value is -12.7. The lowest BCUT2D eigenvalue weighted by molar-refractivity contribution is -0.127. The summed E-state index contributed by atoms with van der Waals surface area (Å²) in [4.78, 5) is 117. The maximum atomic E-state index is 15.5. The summed E-state index contributed by atoms with van der Waals surface area (Å²) in [6, 6.07) is 15.4. The lowest BCUT2D eigenvalue weighted by Crippen LogP contribution is -2.49. The maximum Gasteiger partial charge on any atom is 0.276 e. The Morgan fingerprint density at radius 3 is 0.800 bits per heavy atom. The van der Waals surface area contributed by atoms with Crippen LogP contribution in [0.3, 0.4) is 0 Å². The van der Waals surface area contributed by atoms with E-state index in [2.05, 4.69) is 49.6 Å². The molecule has 0 radical (unpaired) electrons. The molecule has 12 heterocycles. The minimum Gasteiger partial charge on any atom is -0.504 e. The third-order valence-corrected chi connectivity index (χ3v) is 26.0. The van der Waals surface area contributed by atoms with Gasteiger partial charge in [-0.1, -0.05) is 166 Å². The number of benzene rings is 3. The van der Waals surface area contributed by atoms with Crippen molar-refractivity contribution in [3.8, 4) is 86.3 Å². The van der Waals surface area contributed by atoms with Crippen molar-refractivity contribution in [2.75, 3.05) is 93.2 Å². The monoisotopic (exact) mass is 2020 g/mol. The van der Waals surface area contributed by atoms with E-state index in [0.29, 0.717) is 50.8 Å². The molecule has 27 nitrogen and oxygen atoms in total. The lowest BCUT2D eigenvalue weighted by Gasteiger charge is -2.36. The molecule has 0 spiro atoms. The third-order valence-electron chi connectivity index (χ3n) is 23.0. The van der Waals surface area contributed by atoms with Crippen molar-refractivity contribution in [2.45, 2.75) is 80.1 Å². The summed E-state index contributed by atoms with van der Waals surface area (Å²) in [5.74, 6) is -12.9. The van der Waals surface area contributed by atoms with Gasteiger partial charge in [0.2, 0.25) is 17.7 Å². The molecule has 0 saturated carbocycles. The van der Waals surface area contributed by atoms with Gasteiger partial charge < -0.3 is 44.7 Å². The number of aromatic hydroxyl groups is 3. The molecular weight excluding hydrogens is 1950 g/mol. The fourth-order valence-electron chi connectivity index (χ4n) is 16.4. The molecule has 3 aliphatic rings. The van der Waals surface area contributed by atoms with E-state index in [-0.39, 0.29) is 213 Å². The highest BCUT2D eigenvalue weighted by Gasteiger charge is 2.38. The van der Waals surface area contributed by atoms with Crippen LogP contribution in [0.15, 0.2) is 107 Å². The number of amides is 3. The number of hydrogen-bond acceptors (Lipinski definition) is 21. The van der Waals surface area contributed by atoms with Gasteiger partial charge in [-0.25, -0.2) is 41.3 Å². The molecule has 9 aromatic heterocycles. The molecule has 3 fully saturated rings. The second kappa shape index (κ2) is 40.1. The molecule has 3 saturated heterocycles. The van der Waals surface area contributed by atoms with Gasteiger partial charge in [0.25, 0.3) is 16.7 Å². The number of fused-ring (bicyclic) bond motifs is 3. The van der Waals surface area contributed by atoms with Crippen molar-refractivity contribution in [1.29, 1.82) is 15.8 Å². The molecule has 0 atom stereocenters. The van der Waals surface area contributed by atoms with Gasteiger partial charge >= 0.3 is 0 Å². The Morgan fingerprint density at radius 1 is 0.378 bits per heavy atom. The molecule has 135 heavy (non-hydrogen) atoms. The first-order valence-electron chi connectivity index (χ1n) is 41.1. The second-order valence-corrected chi connectivity index (χ2v) is 35.5. The van der Waals surface area contributed by atoms with Crippen LogP contribution in [0.4, 0.5) is 43.4 Å². The topological polar surface area (TPSA) is 346 Å². The van der Waals surface area contributed by atoms with E-state index in [1.165, 1.54) is 50.1 Å². The van der Waals surface area contributed by atoms with Gasteiger partial charge in [0.05, 0.1) is 115 Å². The van der Waals surface area contributed by atoms with Crippen LogP contribution in [-0.2, 0) is 14.4 Å². The normalized spacial score (nSPS) is 13.4. The smallest absolute Gasteiger partial charge is 0.276 e. The van der Waals surface area contributed by atoms with Crippen molar-refractivity contribution >= 4 is 172 Å². The van der Waals surface area contributed by atoms with E-state index in [4.69, 9.17) is 104 Å². The van der Waals surface area contributed by atoms with Gasteiger partial charge in [-0.05, 0) is 110 Å². The van der Waals surface area contributed by atoms with E-state index in [1.807, 2.05) is 59.8 Å². The summed E-state index contributed by atoms with van der Waals surface area (Å²) in [7, 11) is 0. The average molecular weight is 2020 g/mol. The number of hydrogen-bond donors (Lipinski definition) is 3. The third kappa shape index (κ3) is 17.8. The summed E-state index contributed by atoms with van der Waals surface area (Å²) in [5, 5.41) is 56.8. The Morgan fingerprint density at radius 2 is 0.600 bits per heavy atom. The minimum atomic E-state index is -1.46. The van der Waals surface area contributed by atoms with Crippen LogP contribution in [0.1, 0.15) is 110 Å². The number of pyridine rings is 9. The van der Waals surface area contributed by atoms with Gasteiger partial charge in [0, 0.05) is 113 Å². The first-order chi connectivity index (χ1) is 64.0. The molecular formula is C93H75Cl9F6N18O9. The number of phenols is 3. The zero-order valence-corrected chi connectivity index (χ0v) is 79.6. The molecule has 12 aromatic rings. The number of aromatic nitrogens is 9. The average Bonchev–Trinajstić information content (AvgIpc) is 0.728. The van der Waals surface area contributed by atoms with Gasteiger partial charge in [-0.3, -0.25) is 57.4 Å². The quantitative estimate of drug-likeness (QED) is 0.0371. The molecule has 3 aromatic carbocycles. The molecule has 3 N–H and O–H groups in total. The highest BCUT2D eigenvalue weighted by molar-refractivity contribution is 6.41. The maximum absolute atomic E-state index is 15.5. The highest BCUT2D eigenvalue weighted by Crippen LogP contribution is 2.51. The number of carbonyl (C=O) groups excluding carboxylic acids is 3. The number of phenolic OH excluding ortho intramolecular Hbond substituents is 3. The van der Waals surface area contributed by atoms with Crippen LogP contribution < -0.4 is 31.4 Å². The molecule has 0 aliphatic carbocycles. The molecule has 0 bridgehead atoms. The summed E-state index contributed by atoms with van der Waals surface area (Å²) >= 11 is 56.2. The van der Waals surface area contributed by atoms with Crippen molar-refractivity contribution in [3.05, 3.63) is 255 Å². The van der Waals surface area contributed by atoms with Crippen LogP contribution in [0.5, 0.6) is 17.2 Å². The van der Waals surface area contributed by atoms with Crippen LogP contribution in [-0.4, -0.2) is 170 Å². The van der Waals surface area contributed by atoms with E-state index in [1.54, 1.807) is 87.0 Å². The molecule has 3 aliphatic heterocycles. The van der Waals surface area contributed by atoms with Crippen molar-refractivity contribution in [3.63, 3.8) is 0 Å². The predicted molar refractivity (Wildman–Crippen MR) is 509 cm³/mol. The van der Waals surface area contributed by atoms with Gasteiger partial charge in [-0.15, -0.1) is 0 Å². The SMILES string of the molecule is C=CC(=O)N1CCN(c2c(C#N)c(=O)n(-c3c(C)ccnc3C(C)C)c3nc(-c4c(F)c(Cl)c(F)c(O)c4Cl)c(Cl)cc23)CC1.C=CC(=O)N1CCN(c2c(C#N)c(=O)n(-c3c(C)ccnc3C(C)C)c3nc(-c4c(F)c(Cl)c(F)c(O)c4Cl)c(Cl)cc23)CC1.C=CC(=O)N1CCN(c2c(C#N)c(=O)n(-c3c(C)ccnc3C(C)C)c3nc(-c4c(F)c(Cl)c(F)c(O)c4Cl)c(Cl)cc23)CC1. The number of carbonyl (C=O) groups is 3. The summed E-state index contributed by atoms with van der Waals surface area (Å²) in [6.45, 7) is 30.5. The van der Waals surface area contributed by atoms with E-state index in [0.717, 1.165) is 0 Å². The van der Waals surface area contributed by atoms with Crippen LogP contribution in [0.25, 0.3) is 83.9 Å². The van der Waals surface area contributed by atoms with Crippen molar-refractivity contribution in [1.82, 2.24) is 58.3 Å². The summed E-state index contributed by atoms with van der Waals surface area (Å²) in [5.41, 5.74) is -0.428. The Kier molecular flexibility index (Phi) is 29.6. The highest BCUT2D eigenvalue weighted by atomic mass is 35.5.